The van der Waals surface area contributed by atoms with Crippen molar-refractivity contribution in [3.8, 4) is 44.8 Å². The highest BCUT2D eigenvalue weighted by Gasteiger charge is 2.14. The molecule has 6 rings (SSSR count). The zero-order valence-electron chi connectivity index (χ0n) is 33.6. The Labute approximate surface area is 337 Å². The largest absolute Gasteiger partial charge is 0.388 e. The number of hydrogen-bond acceptors (Lipinski definition) is 6. The first-order chi connectivity index (χ1) is 27.8. The number of hydrogen-bond donors (Lipinski definition) is 3. The second kappa shape index (κ2) is 19.0. The highest BCUT2D eigenvalue weighted by atomic mass is 15.0. The average Bonchev–Trinajstić information content (AvgIpc) is 3.26. The maximum Gasteiger partial charge on any atom is 0.164 e. The van der Waals surface area contributed by atoms with E-state index in [-0.39, 0.29) is 0 Å². The zero-order valence-corrected chi connectivity index (χ0v) is 33.6. The first-order valence-electron chi connectivity index (χ1n) is 19.2. The molecule has 0 saturated carbocycles. The van der Waals surface area contributed by atoms with Crippen LogP contribution in [-0.2, 0) is 0 Å². The second-order valence-electron chi connectivity index (χ2n) is 13.6. The van der Waals surface area contributed by atoms with Gasteiger partial charge in [-0.25, -0.2) is 15.0 Å². The second-order valence-corrected chi connectivity index (χ2v) is 13.6. The van der Waals surface area contributed by atoms with E-state index in [2.05, 4.69) is 151 Å². The molecular weight excluding hydrogens is 697 g/mol. The van der Waals surface area contributed by atoms with E-state index < -0.39 is 0 Å². The number of allylic oxidation sites excluding steroid dienone is 9. The molecule has 1 heterocycles. The van der Waals surface area contributed by atoms with Crippen LogP contribution in [0.3, 0.4) is 0 Å². The number of nitrogens with one attached hydrogen (secondary N) is 3. The minimum absolute atomic E-state index is 0.577. The highest BCUT2D eigenvalue weighted by Crippen LogP contribution is 2.33. The van der Waals surface area contributed by atoms with Crippen LogP contribution in [0.2, 0.25) is 0 Å². The van der Waals surface area contributed by atoms with Crippen molar-refractivity contribution in [2.45, 2.75) is 20.8 Å². The number of benzene rings is 5. The van der Waals surface area contributed by atoms with Crippen LogP contribution in [0.15, 0.2) is 170 Å². The first-order valence-corrected chi connectivity index (χ1v) is 19.2. The van der Waals surface area contributed by atoms with Crippen LogP contribution < -0.4 is 16.0 Å². The summed E-state index contributed by atoms with van der Waals surface area (Å²) in [6.45, 7) is 10.0. The Morgan fingerprint density at radius 2 is 1.23 bits per heavy atom. The van der Waals surface area contributed by atoms with Gasteiger partial charge in [0.25, 0.3) is 0 Å². The maximum absolute atomic E-state index is 5.08. The van der Waals surface area contributed by atoms with Crippen LogP contribution >= 0.6 is 0 Å². The summed E-state index contributed by atoms with van der Waals surface area (Å²) in [6.07, 6.45) is 16.0. The van der Waals surface area contributed by atoms with Gasteiger partial charge < -0.3 is 16.0 Å². The van der Waals surface area contributed by atoms with Crippen molar-refractivity contribution in [2.24, 2.45) is 0 Å². The smallest absolute Gasteiger partial charge is 0.164 e. The van der Waals surface area contributed by atoms with E-state index in [0.29, 0.717) is 17.5 Å². The van der Waals surface area contributed by atoms with Crippen LogP contribution in [0.25, 0.3) is 62.0 Å². The van der Waals surface area contributed by atoms with Crippen molar-refractivity contribution in [3.63, 3.8) is 0 Å². The van der Waals surface area contributed by atoms with E-state index in [1.54, 1.807) is 6.08 Å². The van der Waals surface area contributed by atoms with Crippen molar-refractivity contribution in [1.82, 2.24) is 20.3 Å². The fourth-order valence-corrected chi connectivity index (χ4v) is 6.59. The predicted molar refractivity (Wildman–Crippen MR) is 245 cm³/mol. The third kappa shape index (κ3) is 9.80. The van der Waals surface area contributed by atoms with Gasteiger partial charge in [-0.1, -0.05) is 128 Å². The molecule has 284 valence electrons. The molecule has 57 heavy (non-hydrogen) atoms. The lowest BCUT2D eigenvalue weighted by Crippen LogP contribution is -2.06. The van der Waals surface area contributed by atoms with Crippen LogP contribution in [0, 0.1) is 6.92 Å². The fourth-order valence-electron chi connectivity index (χ4n) is 6.59. The van der Waals surface area contributed by atoms with Gasteiger partial charge in [0.15, 0.2) is 17.5 Å². The first kappa shape index (κ1) is 39.6. The van der Waals surface area contributed by atoms with Gasteiger partial charge in [-0.3, -0.25) is 0 Å². The van der Waals surface area contributed by atoms with Crippen LogP contribution in [0.1, 0.15) is 36.6 Å². The average molecular weight is 747 g/mol. The van der Waals surface area contributed by atoms with Crippen molar-refractivity contribution in [3.05, 3.63) is 193 Å². The van der Waals surface area contributed by atoms with Gasteiger partial charge in [-0.05, 0) is 113 Å². The molecule has 0 aliphatic rings. The Bertz CT molecular complexity index is 2490. The third-order valence-electron chi connectivity index (χ3n) is 9.73. The van der Waals surface area contributed by atoms with Gasteiger partial charge >= 0.3 is 0 Å². The molecule has 6 aromatic rings. The molecule has 0 spiro atoms. The quantitative estimate of drug-likeness (QED) is 0.0964. The van der Waals surface area contributed by atoms with Crippen LogP contribution in [-0.4, -0.2) is 36.1 Å². The molecule has 5 aromatic carbocycles. The Kier molecular flexibility index (Phi) is 13.2. The zero-order chi connectivity index (χ0) is 40.1. The molecule has 6 heteroatoms. The van der Waals surface area contributed by atoms with Gasteiger partial charge in [0.05, 0.1) is 0 Å². The van der Waals surface area contributed by atoms with Crippen molar-refractivity contribution >= 4 is 28.6 Å². The Morgan fingerprint density at radius 1 is 0.632 bits per heavy atom. The molecule has 0 bridgehead atoms. The van der Waals surface area contributed by atoms with E-state index in [9.17, 15) is 0 Å². The van der Waals surface area contributed by atoms with E-state index >= 15 is 0 Å². The number of anilines is 2. The Morgan fingerprint density at radius 3 is 1.81 bits per heavy atom. The molecule has 0 radical (unpaired) electrons. The lowest BCUT2D eigenvalue weighted by atomic mass is 9.97. The standard InChI is InChI=1S/C51H50N6/c1-8-17-40(23-16-24-42-30-45(34-48(54-7)36(42)4)38-21-14-11-15-22-38)50-55-49(35(3)29-46(52-5)18-9-2)56-51(57-50)41-27-25-39(26-28-41)44-31-43(32-47(33-44)53-6)37-19-12-10-13-20-37/h8-34,52-54H,2H2,1,3-7H3/b17-8-,24-16+,35-29+,40-23+,46-18+. The molecule has 0 atom stereocenters. The SMILES string of the molecule is C=C/C=C(\C=C(/C)c1nc(C(/C=C\C)=C/C=C/c2cc(-c3ccccc3)cc(NC)c2C)nc(-c2ccc(-c3cc(NC)cc(-c4ccccc4)c3)cc2)n1)NC. The summed E-state index contributed by atoms with van der Waals surface area (Å²) in [6, 6.07) is 40.3. The number of aromatic nitrogens is 3. The minimum atomic E-state index is 0.577. The predicted octanol–water partition coefficient (Wildman–Crippen LogP) is 12.3. The van der Waals surface area contributed by atoms with Crippen molar-refractivity contribution in [1.29, 1.82) is 0 Å². The third-order valence-corrected chi connectivity index (χ3v) is 9.73. The molecule has 0 amide bonds. The summed E-state index contributed by atoms with van der Waals surface area (Å²) in [4.78, 5) is 15.1. The van der Waals surface area contributed by atoms with Gasteiger partial charge in [0, 0.05) is 49.4 Å². The van der Waals surface area contributed by atoms with Crippen LogP contribution in [0.5, 0.6) is 0 Å². The number of likely N-dealkylation sites (N-methyl/N-ethyl adjacent to an activating group) is 1. The summed E-state index contributed by atoms with van der Waals surface area (Å²) in [7, 11) is 5.80. The van der Waals surface area contributed by atoms with E-state index in [0.717, 1.165) is 61.6 Å². The molecule has 0 fully saturated rings. The Hall–Kier alpha value is -7.05. The van der Waals surface area contributed by atoms with Gasteiger partial charge in [0.1, 0.15) is 0 Å². The lowest BCUT2D eigenvalue weighted by molar-refractivity contribution is 0.992. The summed E-state index contributed by atoms with van der Waals surface area (Å²) in [5, 5.41) is 9.93. The minimum Gasteiger partial charge on any atom is -0.388 e. The molecule has 3 N–H and O–H groups in total. The van der Waals surface area contributed by atoms with E-state index in [1.807, 2.05) is 71.4 Å². The van der Waals surface area contributed by atoms with E-state index in [1.165, 1.54) is 16.7 Å². The highest BCUT2D eigenvalue weighted by molar-refractivity contribution is 5.81. The topological polar surface area (TPSA) is 74.8 Å². The van der Waals surface area contributed by atoms with Gasteiger partial charge in [-0.15, -0.1) is 0 Å². The maximum atomic E-state index is 5.08. The monoisotopic (exact) mass is 746 g/mol. The van der Waals surface area contributed by atoms with Crippen LogP contribution in [0.4, 0.5) is 11.4 Å². The number of nitrogens with zero attached hydrogens (tertiary/aromatic N) is 3. The Balaban J connectivity index is 1.42. The molecule has 6 nitrogen and oxygen atoms in total. The summed E-state index contributed by atoms with van der Waals surface area (Å²) in [5.74, 6) is 1.75. The molecule has 1 aromatic heterocycles. The molecule has 0 aliphatic heterocycles. The molecule has 0 aliphatic carbocycles. The van der Waals surface area contributed by atoms with Crippen molar-refractivity contribution in [2.75, 3.05) is 31.8 Å². The number of rotatable bonds is 14. The van der Waals surface area contributed by atoms with Gasteiger partial charge in [-0.2, -0.15) is 0 Å². The summed E-state index contributed by atoms with van der Waals surface area (Å²) < 4.78 is 0. The van der Waals surface area contributed by atoms with Gasteiger partial charge in [0.2, 0.25) is 0 Å². The summed E-state index contributed by atoms with van der Waals surface area (Å²) >= 11 is 0. The van der Waals surface area contributed by atoms with Crippen molar-refractivity contribution < 1.29 is 0 Å². The lowest BCUT2D eigenvalue weighted by Gasteiger charge is -2.13. The molecule has 0 unspecified atom stereocenters. The molecule has 0 saturated heterocycles. The normalized spacial score (nSPS) is 12.3. The van der Waals surface area contributed by atoms with E-state index in [4.69, 9.17) is 15.0 Å². The fraction of sp³-hybridized carbons (Fsp3) is 0.118. The molecular formula is C51H50N6. The summed E-state index contributed by atoms with van der Waals surface area (Å²) in [5.41, 5.74) is 14.8.